The lowest BCUT2D eigenvalue weighted by molar-refractivity contribution is -0.137. The van der Waals surface area contributed by atoms with Gasteiger partial charge in [0, 0.05) is 36.8 Å². The molecule has 4 N–H and O–H groups in total. The zero-order chi connectivity index (χ0) is 26.5. The third kappa shape index (κ3) is 7.04. The van der Waals surface area contributed by atoms with Crippen LogP contribution in [0.4, 0.5) is 40.7 Å². The molecule has 1 atom stereocenters. The fourth-order valence-electron chi connectivity index (χ4n) is 3.56. The van der Waals surface area contributed by atoms with E-state index in [9.17, 15) is 30.8 Å². The molecule has 2 heterocycles. The van der Waals surface area contributed by atoms with E-state index in [2.05, 4.69) is 25.3 Å². The molecule has 2 aromatic rings. The van der Waals surface area contributed by atoms with Gasteiger partial charge in [-0.05, 0) is 31.9 Å². The average Bonchev–Trinajstić information content (AvgIpc) is 2.79. The molecular weight excluding hydrogens is 508 g/mol. The minimum atomic E-state index is -4.86. The van der Waals surface area contributed by atoms with E-state index >= 15 is 0 Å². The van der Waals surface area contributed by atoms with Gasteiger partial charge >= 0.3 is 6.18 Å². The molecule has 36 heavy (non-hydrogen) atoms. The number of likely N-dealkylation sites (tertiary alicyclic amines) is 1. The predicted octanol–water partition coefficient (Wildman–Crippen LogP) is 3.05. The Morgan fingerprint density at radius 2 is 2.06 bits per heavy atom. The van der Waals surface area contributed by atoms with Crippen LogP contribution < -0.4 is 15.4 Å². The first-order chi connectivity index (χ1) is 16.9. The second kappa shape index (κ2) is 11.1. The number of piperidine rings is 1. The highest BCUT2D eigenvalue weighted by Crippen LogP contribution is 2.37. The molecule has 1 saturated heterocycles. The van der Waals surface area contributed by atoms with Crippen molar-refractivity contribution in [3.63, 3.8) is 0 Å². The Hall–Kier alpha value is -3.46. The lowest BCUT2D eigenvalue weighted by Gasteiger charge is -2.32. The Labute approximate surface area is 204 Å². The van der Waals surface area contributed by atoms with Crippen LogP contribution in [0.25, 0.3) is 0 Å². The highest BCUT2D eigenvalue weighted by atomic mass is 32.2. The van der Waals surface area contributed by atoms with Gasteiger partial charge in [0.25, 0.3) is 10.0 Å². The number of aliphatic hydroxyl groups excluding tert-OH is 1. The number of aliphatic hydroxyl groups is 1. The molecule has 1 aromatic carbocycles. The number of sulfonamides is 1. The van der Waals surface area contributed by atoms with Gasteiger partial charge in [-0.1, -0.05) is 6.08 Å². The van der Waals surface area contributed by atoms with Gasteiger partial charge in [-0.3, -0.25) is 9.52 Å². The van der Waals surface area contributed by atoms with Gasteiger partial charge in [0.1, 0.15) is 23.8 Å². The minimum absolute atomic E-state index is 0.174. The van der Waals surface area contributed by atoms with Gasteiger partial charge in [0.15, 0.2) is 0 Å². The molecule has 1 aliphatic rings. The van der Waals surface area contributed by atoms with Gasteiger partial charge in [0.2, 0.25) is 11.9 Å². The highest BCUT2D eigenvalue weighted by molar-refractivity contribution is 7.95. The summed E-state index contributed by atoms with van der Waals surface area (Å²) in [5, 5.41) is 15.2. The summed E-state index contributed by atoms with van der Waals surface area (Å²) in [7, 11) is -4.05. The Morgan fingerprint density at radius 1 is 1.31 bits per heavy atom. The quantitative estimate of drug-likeness (QED) is 0.381. The van der Waals surface area contributed by atoms with E-state index in [0.29, 0.717) is 25.6 Å². The lowest BCUT2D eigenvalue weighted by Crippen LogP contribution is -2.46. The van der Waals surface area contributed by atoms with E-state index in [0.717, 1.165) is 23.6 Å². The second-order valence-corrected chi connectivity index (χ2v) is 9.43. The Balaban J connectivity index is 1.93. The van der Waals surface area contributed by atoms with Crippen LogP contribution in [-0.4, -0.2) is 60.0 Å². The van der Waals surface area contributed by atoms with Crippen molar-refractivity contribution < 1.29 is 35.9 Å². The molecule has 1 aromatic heterocycles. The predicted molar refractivity (Wildman–Crippen MR) is 124 cm³/mol. The SMILES string of the molecule is C/C=C/S(=O)(=O)Nc1cc(F)ccc1Nc1nc(NC2CCCN(C(=O)CO)C2)ncc1C(F)(F)F. The van der Waals surface area contributed by atoms with E-state index in [1.165, 1.54) is 17.9 Å². The van der Waals surface area contributed by atoms with Crippen molar-refractivity contribution in [3.8, 4) is 0 Å². The van der Waals surface area contributed by atoms with Gasteiger partial charge in [-0.25, -0.2) is 17.8 Å². The summed E-state index contributed by atoms with van der Waals surface area (Å²) in [5.41, 5.74) is -1.75. The molecule has 1 unspecified atom stereocenters. The molecule has 1 fully saturated rings. The van der Waals surface area contributed by atoms with Crippen molar-refractivity contribution in [2.24, 2.45) is 0 Å². The monoisotopic (exact) mass is 532 g/mol. The van der Waals surface area contributed by atoms with Crippen LogP contribution in [0.3, 0.4) is 0 Å². The average molecular weight is 533 g/mol. The summed E-state index contributed by atoms with van der Waals surface area (Å²) in [6.07, 6.45) is -1.90. The summed E-state index contributed by atoms with van der Waals surface area (Å²) >= 11 is 0. The Kier molecular flexibility index (Phi) is 8.35. The summed E-state index contributed by atoms with van der Waals surface area (Å²) in [4.78, 5) is 20.9. The molecule has 0 bridgehead atoms. The van der Waals surface area contributed by atoms with E-state index in [4.69, 9.17) is 5.11 Å². The molecule has 3 rings (SSSR count). The number of halogens is 4. The number of nitrogens with one attached hydrogen (secondary N) is 3. The number of hydrogen-bond donors (Lipinski definition) is 4. The van der Waals surface area contributed by atoms with Crippen molar-refractivity contribution in [1.29, 1.82) is 0 Å². The maximum absolute atomic E-state index is 13.8. The summed E-state index contributed by atoms with van der Waals surface area (Å²) in [6.45, 7) is 1.42. The molecule has 15 heteroatoms. The smallest absolute Gasteiger partial charge is 0.387 e. The summed E-state index contributed by atoms with van der Waals surface area (Å²) in [5.74, 6) is -2.16. The molecular formula is C21H24F4N6O4S. The highest BCUT2D eigenvalue weighted by Gasteiger charge is 2.36. The molecule has 10 nitrogen and oxygen atoms in total. The maximum atomic E-state index is 13.8. The van der Waals surface area contributed by atoms with Crippen LogP contribution in [0, 0.1) is 5.82 Å². The Morgan fingerprint density at radius 3 is 2.72 bits per heavy atom. The third-order valence-corrected chi connectivity index (χ3v) is 6.27. The van der Waals surface area contributed by atoms with E-state index in [1.54, 1.807) is 0 Å². The number of rotatable bonds is 8. The van der Waals surface area contributed by atoms with Crippen molar-refractivity contribution in [3.05, 3.63) is 47.3 Å². The molecule has 0 spiro atoms. The molecule has 1 aliphatic heterocycles. The third-order valence-electron chi connectivity index (χ3n) is 5.14. The molecule has 0 saturated carbocycles. The fraction of sp³-hybridized carbons (Fsp3) is 0.381. The van der Waals surface area contributed by atoms with Gasteiger partial charge in [-0.15, -0.1) is 0 Å². The van der Waals surface area contributed by atoms with Crippen molar-refractivity contribution in [2.45, 2.75) is 32.0 Å². The van der Waals surface area contributed by atoms with Crippen LogP contribution in [0.5, 0.6) is 0 Å². The number of amides is 1. The van der Waals surface area contributed by atoms with Gasteiger partial charge in [0.05, 0.1) is 11.4 Å². The second-order valence-electron chi connectivity index (χ2n) is 7.87. The first kappa shape index (κ1) is 27.1. The standard InChI is InChI=1S/C21H24F4N6O4S/c1-2-8-36(34,35)30-17-9-13(22)5-6-16(17)28-19-15(21(23,24)25)10-26-20(29-19)27-14-4-3-7-31(11-14)18(33)12-32/h2,5-6,8-10,14,30,32H,3-4,7,11-12H2,1H3,(H2,26,27,28,29)/b8-2+. The summed E-state index contributed by atoms with van der Waals surface area (Å²) in [6, 6.07) is 2.44. The molecule has 1 amide bonds. The molecule has 196 valence electrons. The normalized spacial score (nSPS) is 16.7. The van der Waals surface area contributed by atoms with E-state index in [-0.39, 0.29) is 29.9 Å². The molecule has 0 aliphatic carbocycles. The van der Waals surface area contributed by atoms with Crippen LogP contribution in [0.2, 0.25) is 0 Å². The summed E-state index contributed by atoms with van der Waals surface area (Å²) < 4.78 is 81.1. The topological polar surface area (TPSA) is 137 Å². The molecule has 0 radical (unpaired) electrons. The number of nitrogens with zero attached hydrogens (tertiary/aromatic N) is 3. The number of carbonyl (C=O) groups excluding carboxylic acids is 1. The fourth-order valence-corrected chi connectivity index (χ4v) is 4.46. The van der Waals surface area contributed by atoms with Crippen LogP contribution >= 0.6 is 0 Å². The number of aromatic nitrogens is 2. The number of benzene rings is 1. The zero-order valence-electron chi connectivity index (χ0n) is 19.0. The number of allylic oxidation sites excluding steroid dienone is 1. The van der Waals surface area contributed by atoms with E-state index in [1.807, 2.05) is 0 Å². The largest absolute Gasteiger partial charge is 0.421 e. The van der Waals surface area contributed by atoms with Gasteiger partial charge < -0.3 is 20.6 Å². The number of alkyl halides is 3. The van der Waals surface area contributed by atoms with Gasteiger partial charge in [-0.2, -0.15) is 18.2 Å². The van der Waals surface area contributed by atoms with Crippen LogP contribution in [-0.2, 0) is 21.0 Å². The Bertz CT molecular complexity index is 1240. The van der Waals surface area contributed by atoms with Crippen molar-refractivity contribution in [2.75, 3.05) is 35.1 Å². The van der Waals surface area contributed by atoms with Crippen molar-refractivity contribution >= 4 is 39.1 Å². The number of anilines is 4. The van der Waals surface area contributed by atoms with Crippen molar-refractivity contribution in [1.82, 2.24) is 14.9 Å². The zero-order valence-corrected chi connectivity index (χ0v) is 19.8. The lowest BCUT2D eigenvalue weighted by atomic mass is 10.1. The minimum Gasteiger partial charge on any atom is -0.387 e. The van der Waals surface area contributed by atoms with E-state index < -0.39 is 45.9 Å². The first-order valence-electron chi connectivity index (χ1n) is 10.7. The van der Waals surface area contributed by atoms with Crippen LogP contribution in [0.1, 0.15) is 25.3 Å². The number of hydrogen-bond acceptors (Lipinski definition) is 8. The van der Waals surface area contributed by atoms with Crippen LogP contribution in [0.15, 0.2) is 35.9 Å². The first-order valence-corrected chi connectivity index (χ1v) is 12.3. The number of carbonyl (C=O) groups is 1. The maximum Gasteiger partial charge on any atom is 0.421 e.